The molecule has 0 spiro atoms. The number of anilines is 2. The maximum atomic E-state index is 11.6. The lowest BCUT2D eigenvalue weighted by Gasteiger charge is -2.21. The number of hydrogen-bond acceptors (Lipinski definition) is 4. The highest BCUT2D eigenvalue weighted by molar-refractivity contribution is 6.30. The van der Waals surface area contributed by atoms with Crippen LogP contribution < -0.4 is 4.90 Å². The van der Waals surface area contributed by atoms with Crippen LogP contribution in [-0.4, -0.2) is 37.9 Å². The molecule has 8 heteroatoms. The summed E-state index contributed by atoms with van der Waals surface area (Å²) in [6.07, 6.45) is 1.50. The Morgan fingerprint density at radius 2 is 1.94 bits per heavy atom. The van der Waals surface area contributed by atoms with Gasteiger partial charge in [-0.2, -0.15) is 5.10 Å². The summed E-state index contributed by atoms with van der Waals surface area (Å²) in [5.41, 5.74) is 5.65. The Kier molecular flexibility index (Phi) is 4.41. The van der Waals surface area contributed by atoms with Crippen molar-refractivity contribution < 1.29 is 9.90 Å². The van der Waals surface area contributed by atoms with Crippen LogP contribution in [0.1, 0.15) is 10.4 Å². The van der Waals surface area contributed by atoms with Gasteiger partial charge in [0.05, 0.1) is 33.5 Å². The van der Waals surface area contributed by atoms with Gasteiger partial charge in [0, 0.05) is 36.4 Å². The maximum absolute atomic E-state index is 11.6. The lowest BCUT2D eigenvalue weighted by Crippen LogP contribution is -2.10. The highest BCUT2D eigenvalue weighted by Crippen LogP contribution is 2.36. The summed E-state index contributed by atoms with van der Waals surface area (Å²) < 4.78 is 1.84. The number of aromatic amines is 1. The van der Waals surface area contributed by atoms with Crippen molar-refractivity contribution in [2.75, 3.05) is 11.9 Å². The number of nitrogens with zero attached hydrogens (tertiary/aromatic N) is 4. The molecule has 0 fully saturated rings. The number of H-pyrrole nitrogens is 1. The molecule has 0 saturated heterocycles. The molecule has 31 heavy (non-hydrogen) atoms. The number of aromatic carboxylic acids is 1. The Bertz CT molecular complexity index is 1450. The third kappa shape index (κ3) is 3.10. The Morgan fingerprint density at radius 1 is 1.16 bits per heavy atom. The van der Waals surface area contributed by atoms with Gasteiger partial charge in [0.25, 0.3) is 0 Å². The minimum atomic E-state index is -1.00. The first kappa shape index (κ1) is 19.1. The molecule has 2 N–H and O–H groups in total. The van der Waals surface area contributed by atoms with Gasteiger partial charge >= 0.3 is 5.97 Å². The van der Waals surface area contributed by atoms with Gasteiger partial charge in [-0.3, -0.25) is 9.67 Å². The summed E-state index contributed by atoms with van der Waals surface area (Å²) in [6.45, 7) is 0. The van der Waals surface area contributed by atoms with Gasteiger partial charge in [0.2, 0.25) is 0 Å². The SMILES string of the molecule is CN(c1ccc(Cl)cc1)c1cccc2c(-c3cc4nccc(C(=O)O)c4[nH]3)nn(C)c12. The van der Waals surface area contributed by atoms with E-state index in [0.717, 1.165) is 28.0 Å². The van der Waals surface area contributed by atoms with E-state index >= 15 is 0 Å². The first-order chi connectivity index (χ1) is 14.9. The van der Waals surface area contributed by atoms with Crippen molar-refractivity contribution >= 4 is 50.9 Å². The Labute approximate surface area is 182 Å². The summed E-state index contributed by atoms with van der Waals surface area (Å²) in [4.78, 5) is 21.2. The number of halogens is 1. The first-order valence-corrected chi connectivity index (χ1v) is 9.98. The molecule has 0 saturated carbocycles. The van der Waals surface area contributed by atoms with E-state index in [1.165, 1.54) is 12.3 Å². The molecular weight excluding hydrogens is 414 g/mol. The van der Waals surface area contributed by atoms with Crippen molar-refractivity contribution in [3.05, 3.63) is 71.4 Å². The number of para-hydroxylation sites is 1. The molecule has 3 heterocycles. The van der Waals surface area contributed by atoms with Crippen molar-refractivity contribution in [3.8, 4) is 11.4 Å². The highest BCUT2D eigenvalue weighted by Gasteiger charge is 2.19. The number of carbonyl (C=O) groups is 1. The van der Waals surface area contributed by atoms with Crippen LogP contribution in [-0.2, 0) is 7.05 Å². The Balaban J connectivity index is 1.68. The highest BCUT2D eigenvalue weighted by atomic mass is 35.5. The fourth-order valence-corrected chi connectivity index (χ4v) is 4.05. The van der Waals surface area contributed by atoms with Gasteiger partial charge in [-0.1, -0.05) is 23.7 Å². The van der Waals surface area contributed by atoms with Crippen molar-refractivity contribution in [3.63, 3.8) is 0 Å². The predicted octanol–water partition coefficient (Wildman–Crippen LogP) is 5.24. The van der Waals surface area contributed by atoms with Crippen LogP contribution in [0.3, 0.4) is 0 Å². The standard InChI is InChI=1S/C23H18ClN5O2/c1-28(14-8-6-13(24)7-9-14)19-5-3-4-15-21(27-29(2)22(15)19)18-12-17-20(26-18)16(23(30)31)10-11-25-17/h3-12,26H,1-2H3,(H,30,31). The first-order valence-electron chi connectivity index (χ1n) is 9.60. The molecule has 154 valence electrons. The number of aryl methyl sites for hydroxylation is 1. The molecule has 0 aliphatic rings. The quantitative estimate of drug-likeness (QED) is 0.406. The van der Waals surface area contributed by atoms with E-state index in [1.54, 1.807) is 0 Å². The number of nitrogens with one attached hydrogen (secondary N) is 1. The summed E-state index contributed by atoms with van der Waals surface area (Å²) >= 11 is 6.04. The van der Waals surface area contributed by atoms with Crippen LogP contribution in [0.4, 0.5) is 11.4 Å². The fourth-order valence-electron chi connectivity index (χ4n) is 3.92. The number of hydrogen-bond donors (Lipinski definition) is 2. The van der Waals surface area contributed by atoms with Crippen LogP contribution >= 0.6 is 11.6 Å². The number of benzene rings is 2. The lowest BCUT2D eigenvalue weighted by molar-refractivity contribution is 0.0698. The molecule has 0 aliphatic heterocycles. The zero-order valence-electron chi connectivity index (χ0n) is 16.8. The summed E-state index contributed by atoms with van der Waals surface area (Å²) in [5, 5.41) is 15.9. The van der Waals surface area contributed by atoms with Crippen LogP contribution in [0.2, 0.25) is 5.02 Å². The average Bonchev–Trinajstić information content (AvgIpc) is 3.34. The molecule has 0 amide bonds. The molecule has 0 radical (unpaired) electrons. The third-order valence-corrected chi connectivity index (χ3v) is 5.68. The number of pyridine rings is 1. The van der Waals surface area contributed by atoms with Crippen molar-refractivity contribution in [2.45, 2.75) is 0 Å². The molecule has 0 bridgehead atoms. The van der Waals surface area contributed by atoms with Gasteiger partial charge in [-0.05, 0) is 42.5 Å². The fraction of sp³-hybridized carbons (Fsp3) is 0.0870. The second-order valence-electron chi connectivity index (χ2n) is 7.29. The predicted molar refractivity (Wildman–Crippen MR) is 122 cm³/mol. The number of fused-ring (bicyclic) bond motifs is 2. The second-order valence-corrected chi connectivity index (χ2v) is 7.72. The number of carboxylic acid groups (broad SMARTS) is 1. The van der Waals surface area contributed by atoms with Crippen molar-refractivity contribution in [2.24, 2.45) is 7.05 Å². The monoisotopic (exact) mass is 431 g/mol. The van der Waals surface area contributed by atoms with Gasteiger partial charge in [0.1, 0.15) is 5.69 Å². The number of aromatic nitrogens is 4. The van der Waals surface area contributed by atoms with Gasteiger partial charge in [-0.25, -0.2) is 4.79 Å². The van der Waals surface area contributed by atoms with E-state index in [9.17, 15) is 9.90 Å². The van der Waals surface area contributed by atoms with Crippen LogP contribution in [0.5, 0.6) is 0 Å². The van der Waals surface area contributed by atoms with Crippen molar-refractivity contribution in [1.82, 2.24) is 19.7 Å². The number of carboxylic acids is 1. The van der Waals surface area contributed by atoms with E-state index in [4.69, 9.17) is 16.7 Å². The summed E-state index contributed by atoms with van der Waals surface area (Å²) in [6, 6.07) is 17.0. The molecule has 5 rings (SSSR count). The summed E-state index contributed by atoms with van der Waals surface area (Å²) in [5.74, 6) is -1.00. The molecule has 0 unspecified atom stereocenters. The molecular formula is C23H18ClN5O2. The number of rotatable bonds is 4. The molecule has 7 nitrogen and oxygen atoms in total. The zero-order valence-corrected chi connectivity index (χ0v) is 17.6. The minimum Gasteiger partial charge on any atom is -0.478 e. The van der Waals surface area contributed by atoms with Gasteiger partial charge < -0.3 is 15.0 Å². The molecule has 2 aromatic carbocycles. The topological polar surface area (TPSA) is 87.0 Å². The molecule has 3 aromatic heterocycles. The van der Waals surface area contributed by atoms with Crippen LogP contribution in [0.15, 0.2) is 60.8 Å². The lowest BCUT2D eigenvalue weighted by atomic mass is 10.1. The Morgan fingerprint density at radius 3 is 2.68 bits per heavy atom. The minimum absolute atomic E-state index is 0.180. The maximum Gasteiger partial charge on any atom is 0.337 e. The summed E-state index contributed by atoms with van der Waals surface area (Å²) in [7, 11) is 3.89. The normalized spacial score (nSPS) is 11.3. The average molecular weight is 432 g/mol. The molecule has 0 atom stereocenters. The van der Waals surface area contributed by atoms with E-state index < -0.39 is 5.97 Å². The van der Waals surface area contributed by atoms with E-state index in [2.05, 4.69) is 14.9 Å². The smallest absolute Gasteiger partial charge is 0.337 e. The van der Waals surface area contributed by atoms with Crippen LogP contribution in [0, 0.1) is 0 Å². The Hall–Kier alpha value is -3.84. The second kappa shape index (κ2) is 7.14. The van der Waals surface area contributed by atoms with E-state index in [1.807, 2.05) is 67.3 Å². The largest absolute Gasteiger partial charge is 0.478 e. The van der Waals surface area contributed by atoms with E-state index in [-0.39, 0.29) is 5.56 Å². The van der Waals surface area contributed by atoms with Crippen molar-refractivity contribution in [1.29, 1.82) is 0 Å². The molecule has 5 aromatic rings. The zero-order chi connectivity index (χ0) is 21.7. The molecule has 0 aliphatic carbocycles. The van der Waals surface area contributed by atoms with Gasteiger partial charge in [0.15, 0.2) is 0 Å². The third-order valence-electron chi connectivity index (χ3n) is 5.43. The van der Waals surface area contributed by atoms with E-state index in [0.29, 0.717) is 21.7 Å². The van der Waals surface area contributed by atoms with Crippen LogP contribution in [0.25, 0.3) is 33.3 Å². The van der Waals surface area contributed by atoms with Gasteiger partial charge in [-0.15, -0.1) is 0 Å².